The van der Waals surface area contributed by atoms with Gasteiger partial charge in [0.2, 0.25) is 0 Å². The fraction of sp³-hybridized carbons (Fsp3) is 0.250. The van der Waals surface area contributed by atoms with Gasteiger partial charge in [0.25, 0.3) is 5.91 Å². The fourth-order valence-electron chi connectivity index (χ4n) is 1.29. The van der Waals surface area contributed by atoms with Gasteiger partial charge >= 0.3 is 0 Å². The van der Waals surface area contributed by atoms with E-state index in [2.05, 4.69) is 11.9 Å². The molecule has 4 heteroatoms. The first kappa shape index (κ1) is 17.6. The van der Waals surface area contributed by atoms with E-state index in [1.54, 1.807) is 6.07 Å². The molecule has 4 nitrogen and oxygen atoms in total. The van der Waals surface area contributed by atoms with E-state index in [1.807, 2.05) is 39.0 Å². The van der Waals surface area contributed by atoms with Gasteiger partial charge in [-0.3, -0.25) is 10.2 Å². The summed E-state index contributed by atoms with van der Waals surface area (Å²) in [6, 6.07) is 7.49. The van der Waals surface area contributed by atoms with Crippen molar-refractivity contribution in [3.05, 3.63) is 54.3 Å². The van der Waals surface area contributed by atoms with Crippen LogP contribution in [0.3, 0.4) is 0 Å². The molecule has 1 aromatic carbocycles. The molecule has 0 aliphatic heterocycles. The number of hydrogen-bond donors (Lipinski definition) is 2. The van der Waals surface area contributed by atoms with Crippen LogP contribution < -0.4 is 10.1 Å². The second-order valence-corrected chi connectivity index (χ2v) is 3.66. The van der Waals surface area contributed by atoms with Gasteiger partial charge in [0, 0.05) is 13.1 Å². The van der Waals surface area contributed by atoms with Crippen LogP contribution in [-0.4, -0.2) is 18.7 Å². The van der Waals surface area contributed by atoms with Gasteiger partial charge in [0.05, 0.1) is 0 Å². The van der Waals surface area contributed by atoms with Crippen LogP contribution in [-0.2, 0) is 4.79 Å². The summed E-state index contributed by atoms with van der Waals surface area (Å²) in [5.74, 6) is 0.530. The average molecular weight is 274 g/mol. The summed E-state index contributed by atoms with van der Waals surface area (Å²) in [6.45, 7) is 9.55. The number of amides is 1. The van der Waals surface area contributed by atoms with E-state index < -0.39 is 5.91 Å². The molecule has 1 rings (SSSR count). The number of ether oxygens (including phenoxy) is 1. The standard InChI is InChI=1S/C14H16N2O2.C2H6/c1-4-11(9-13(15)14(17)16-3)18-12-7-5-6-10(2)8-12;1-2/h4-9,15H,1H2,2-3H3,(H,16,17);1-2H3/b11-9+,15-13?;. The number of nitrogens with one attached hydrogen (secondary N) is 2. The molecule has 2 N–H and O–H groups in total. The second kappa shape index (κ2) is 9.55. The molecular weight excluding hydrogens is 252 g/mol. The lowest BCUT2D eigenvalue weighted by Crippen LogP contribution is -2.25. The Kier molecular flexibility index (Phi) is 8.43. The van der Waals surface area contributed by atoms with E-state index in [-0.39, 0.29) is 5.71 Å². The maximum absolute atomic E-state index is 11.2. The number of carbonyl (C=O) groups is 1. The molecule has 1 amide bonds. The molecule has 0 aromatic heterocycles. The Morgan fingerprint density at radius 1 is 1.40 bits per heavy atom. The molecule has 0 heterocycles. The third-order valence-corrected chi connectivity index (χ3v) is 2.18. The van der Waals surface area contributed by atoms with Crippen molar-refractivity contribution in [2.45, 2.75) is 20.8 Å². The Balaban J connectivity index is 0.00000172. The highest BCUT2D eigenvalue weighted by atomic mass is 16.5. The van der Waals surface area contributed by atoms with Gasteiger partial charge in [0.15, 0.2) is 0 Å². The molecule has 0 atom stereocenters. The predicted molar refractivity (Wildman–Crippen MR) is 83.2 cm³/mol. The number of benzene rings is 1. The van der Waals surface area contributed by atoms with E-state index >= 15 is 0 Å². The van der Waals surface area contributed by atoms with Crippen LogP contribution in [0.2, 0.25) is 0 Å². The zero-order valence-electron chi connectivity index (χ0n) is 12.5. The summed E-state index contributed by atoms with van der Waals surface area (Å²) in [4.78, 5) is 11.2. The van der Waals surface area contributed by atoms with Gasteiger partial charge in [-0.2, -0.15) is 0 Å². The van der Waals surface area contributed by atoms with E-state index in [0.717, 1.165) is 5.56 Å². The molecule has 0 aliphatic rings. The molecule has 0 spiro atoms. The molecular formula is C16H22N2O2. The van der Waals surface area contributed by atoms with E-state index in [9.17, 15) is 4.79 Å². The highest BCUT2D eigenvalue weighted by Crippen LogP contribution is 2.16. The fourth-order valence-corrected chi connectivity index (χ4v) is 1.29. The number of allylic oxidation sites excluding steroid dienone is 1. The van der Waals surface area contributed by atoms with Crippen molar-refractivity contribution in [2.24, 2.45) is 0 Å². The van der Waals surface area contributed by atoms with Gasteiger partial charge in [-0.05, 0) is 30.7 Å². The summed E-state index contributed by atoms with van der Waals surface area (Å²) in [7, 11) is 1.47. The molecule has 0 bridgehead atoms. The molecule has 0 saturated heterocycles. The molecule has 1 aromatic rings. The lowest BCUT2D eigenvalue weighted by Gasteiger charge is -2.07. The lowest BCUT2D eigenvalue weighted by molar-refractivity contribution is -0.114. The van der Waals surface area contributed by atoms with E-state index in [0.29, 0.717) is 11.5 Å². The van der Waals surface area contributed by atoms with Crippen molar-refractivity contribution in [1.82, 2.24) is 5.32 Å². The van der Waals surface area contributed by atoms with Crippen LogP contribution in [0.25, 0.3) is 0 Å². The summed E-state index contributed by atoms with van der Waals surface area (Å²) in [5.41, 5.74) is 0.886. The summed E-state index contributed by atoms with van der Waals surface area (Å²) < 4.78 is 5.53. The maximum Gasteiger partial charge on any atom is 0.269 e. The van der Waals surface area contributed by atoms with Crippen molar-refractivity contribution >= 4 is 11.6 Å². The van der Waals surface area contributed by atoms with Crippen LogP contribution in [0.15, 0.2) is 48.8 Å². The Morgan fingerprint density at radius 3 is 2.55 bits per heavy atom. The van der Waals surface area contributed by atoms with E-state index in [1.165, 1.54) is 19.2 Å². The zero-order chi connectivity index (χ0) is 15.5. The third kappa shape index (κ3) is 6.00. The van der Waals surface area contributed by atoms with Crippen LogP contribution in [0.4, 0.5) is 0 Å². The molecule has 0 saturated carbocycles. The largest absolute Gasteiger partial charge is 0.457 e. The summed E-state index contributed by atoms with van der Waals surface area (Å²) in [6.07, 6.45) is 2.79. The van der Waals surface area contributed by atoms with Crippen LogP contribution in [0, 0.1) is 12.3 Å². The lowest BCUT2D eigenvalue weighted by atomic mass is 10.2. The highest BCUT2D eigenvalue weighted by molar-refractivity contribution is 6.42. The summed E-state index contributed by atoms with van der Waals surface area (Å²) in [5, 5.41) is 9.89. The number of aryl methyl sites for hydroxylation is 1. The molecule has 0 aliphatic carbocycles. The molecule has 20 heavy (non-hydrogen) atoms. The van der Waals surface area contributed by atoms with Gasteiger partial charge < -0.3 is 10.1 Å². The summed E-state index contributed by atoms with van der Waals surface area (Å²) >= 11 is 0. The Labute approximate surface area is 120 Å². The van der Waals surface area contributed by atoms with Crippen LogP contribution in [0.5, 0.6) is 5.75 Å². The zero-order valence-corrected chi connectivity index (χ0v) is 12.5. The molecule has 0 radical (unpaired) electrons. The van der Waals surface area contributed by atoms with Crippen molar-refractivity contribution in [1.29, 1.82) is 5.41 Å². The quantitative estimate of drug-likeness (QED) is 0.492. The topological polar surface area (TPSA) is 62.2 Å². The molecule has 0 fully saturated rings. The molecule has 108 valence electrons. The number of hydrogen-bond acceptors (Lipinski definition) is 3. The Morgan fingerprint density at radius 2 is 2.05 bits per heavy atom. The van der Waals surface area contributed by atoms with Gasteiger partial charge in [-0.15, -0.1) is 0 Å². The minimum Gasteiger partial charge on any atom is -0.457 e. The Hall–Kier alpha value is -2.36. The first-order valence-electron chi connectivity index (χ1n) is 6.46. The van der Waals surface area contributed by atoms with Crippen LogP contribution in [0.1, 0.15) is 19.4 Å². The highest BCUT2D eigenvalue weighted by Gasteiger charge is 2.06. The number of rotatable bonds is 5. The van der Waals surface area contributed by atoms with E-state index in [4.69, 9.17) is 10.1 Å². The molecule has 0 unspecified atom stereocenters. The van der Waals surface area contributed by atoms with Crippen molar-refractivity contribution in [3.8, 4) is 5.75 Å². The van der Waals surface area contributed by atoms with Crippen molar-refractivity contribution in [3.63, 3.8) is 0 Å². The normalized spacial score (nSPS) is 9.90. The van der Waals surface area contributed by atoms with Gasteiger partial charge in [-0.25, -0.2) is 0 Å². The third-order valence-electron chi connectivity index (χ3n) is 2.18. The van der Waals surface area contributed by atoms with Crippen molar-refractivity contribution in [2.75, 3.05) is 7.05 Å². The smallest absolute Gasteiger partial charge is 0.269 e. The Bertz CT molecular complexity index is 505. The minimum atomic E-state index is -0.470. The van der Waals surface area contributed by atoms with Crippen LogP contribution >= 0.6 is 0 Å². The predicted octanol–water partition coefficient (Wildman–Crippen LogP) is 3.24. The number of carbonyl (C=O) groups excluding carboxylic acids is 1. The maximum atomic E-state index is 11.2. The van der Waals surface area contributed by atoms with Gasteiger partial charge in [0.1, 0.15) is 17.2 Å². The first-order chi connectivity index (χ1) is 9.56. The van der Waals surface area contributed by atoms with Gasteiger partial charge in [-0.1, -0.05) is 32.6 Å². The SMILES string of the molecule is C=C/C(=C\C(=N)C(=O)NC)Oc1cccc(C)c1.CC. The minimum absolute atomic E-state index is 0.181. The average Bonchev–Trinajstić information content (AvgIpc) is 2.47. The first-order valence-corrected chi connectivity index (χ1v) is 6.46. The monoisotopic (exact) mass is 274 g/mol. The second-order valence-electron chi connectivity index (χ2n) is 3.66. The van der Waals surface area contributed by atoms with Crippen molar-refractivity contribution < 1.29 is 9.53 Å².